The number of rotatable bonds is 11. The summed E-state index contributed by atoms with van der Waals surface area (Å²) < 4.78 is 33.4. The average Bonchev–Trinajstić information content (AvgIpc) is 2.84. The minimum atomic E-state index is -3.79. The summed E-state index contributed by atoms with van der Waals surface area (Å²) in [5.41, 5.74) is 2.81. The molecule has 7 heteroatoms. The van der Waals surface area contributed by atoms with Gasteiger partial charge in [-0.05, 0) is 36.6 Å². The maximum atomic E-state index is 13.4. The molecule has 0 spiro atoms. The lowest BCUT2D eigenvalue weighted by Crippen LogP contribution is -2.47. The molecule has 0 saturated heterocycles. The van der Waals surface area contributed by atoms with E-state index in [2.05, 4.69) is 11.9 Å². The fourth-order valence-electron chi connectivity index (χ4n) is 3.51. The highest BCUT2D eigenvalue weighted by molar-refractivity contribution is 7.89. The molecule has 34 heavy (non-hydrogen) atoms. The van der Waals surface area contributed by atoms with Crippen LogP contribution in [0.25, 0.3) is 0 Å². The van der Waals surface area contributed by atoms with E-state index < -0.39 is 22.2 Å². The first-order chi connectivity index (χ1) is 16.4. The maximum Gasteiger partial charge on any atom is 0.407 e. The molecule has 1 atom stereocenters. The Morgan fingerprint density at radius 2 is 1.56 bits per heavy atom. The van der Waals surface area contributed by atoms with Gasteiger partial charge in [0.1, 0.15) is 6.61 Å². The Morgan fingerprint density at radius 1 is 0.971 bits per heavy atom. The smallest absolute Gasteiger partial charge is 0.407 e. The third-order valence-electron chi connectivity index (χ3n) is 5.28. The van der Waals surface area contributed by atoms with E-state index in [4.69, 9.17) is 4.74 Å². The second-order valence-electron chi connectivity index (χ2n) is 8.02. The van der Waals surface area contributed by atoms with Crippen LogP contribution in [-0.4, -0.2) is 37.9 Å². The molecule has 0 radical (unpaired) electrons. The van der Waals surface area contributed by atoms with Crippen LogP contribution in [0.3, 0.4) is 0 Å². The quantitative estimate of drug-likeness (QED) is 0.405. The van der Waals surface area contributed by atoms with Gasteiger partial charge in [-0.2, -0.15) is 4.31 Å². The van der Waals surface area contributed by atoms with Crippen LogP contribution in [0.5, 0.6) is 0 Å². The normalized spacial score (nSPS) is 12.2. The third-order valence-corrected chi connectivity index (χ3v) is 7.12. The Kier molecular flexibility index (Phi) is 9.01. The van der Waals surface area contributed by atoms with E-state index in [1.807, 2.05) is 67.6 Å². The molecule has 0 aliphatic carbocycles. The number of benzene rings is 3. The molecule has 1 N–H and O–H groups in total. The van der Waals surface area contributed by atoms with Crippen molar-refractivity contribution in [2.75, 3.05) is 13.1 Å². The average molecular weight is 479 g/mol. The Hall–Kier alpha value is -3.42. The van der Waals surface area contributed by atoms with Crippen LogP contribution in [0, 0.1) is 6.92 Å². The van der Waals surface area contributed by atoms with Crippen molar-refractivity contribution in [3.8, 4) is 0 Å². The third kappa shape index (κ3) is 7.30. The molecule has 0 aliphatic heterocycles. The predicted molar refractivity (Wildman–Crippen MR) is 134 cm³/mol. The number of nitrogens with one attached hydrogen (secondary N) is 1. The predicted octanol–water partition coefficient (Wildman–Crippen LogP) is 4.71. The molecule has 6 nitrogen and oxygen atoms in total. The van der Waals surface area contributed by atoms with E-state index >= 15 is 0 Å². The molecular formula is C27H30N2O4S. The lowest BCUT2D eigenvalue weighted by molar-refractivity contribution is 0.134. The van der Waals surface area contributed by atoms with Gasteiger partial charge < -0.3 is 10.1 Å². The fourth-order valence-corrected chi connectivity index (χ4v) is 4.97. The molecule has 3 aromatic rings. The van der Waals surface area contributed by atoms with Gasteiger partial charge in [0.25, 0.3) is 0 Å². The number of carbonyl (C=O) groups excluding carboxylic acids is 1. The van der Waals surface area contributed by atoms with E-state index in [1.54, 1.807) is 30.3 Å². The number of ether oxygens (including phenoxy) is 1. The number of carbonyl (C=O) groups is 1. The van der Waals surface area contributed by atoms with Crippen molar-refractivity contribution in [2.24, 2.45) is 0 Å². The molecule has 3 aromatic carbocycles. The first kappa shape index (κ1) is 25.2. The first-order valence-corrected chi connectivity index (χ1v) is 12.5. The van der Waals surface area contributed by atoms with Gasteiger partial charge in [-0.15, -0.1) is 6.58 Å². The fraction of sp³-hybridized carbons (Fsp3) is 0.222. The van der Waals surface area contributed by atoms with E-state index in [9.17, 15) is 13.2 Å². The highest BCUT2D eigenvalue weighted by Gasteiger charge is 2.27. The van der Waals surface area contributed by atoms with Crippen LogP contribution < -0.4 is 5.32 Å². The molecule has 0 aliphatic rings. The van der Waals surface area contributed by atoms with Crippen molar-refractivity contribution in [1.82, 2.24) is 9.62 Å². The van der Waals surface area contributed by atoms with Crippen LogP contribution >= 0.6 is 0 Å². The van der Waals surface area contributed by atoms with Crippen LogP contribution in [0.4, 0.5) is 4.79 Å². The van der Waals surface area contributed by atoms with E-state index in [1.165, 1.54) is 4.31 Å². The van der Waals surface area contributed by atoms with Gasteiger partial charge in [0.05, 0.1) is 10.9 Å². The number of alkyl carbamates (subject to hydrolysis) is 1. The van der Waals surface area contributed by atoms with Gasteiger partial charge >= 0.3 is 6.09 Å². The minimum absolute atomic E-state index is 0.0670. The summed E-state index contributed by atoms with van der Waals surface area (Å²) in [5.74, 6) is 0. The zero-order valence-electron chi connectivity index (χ0n) is 19.3. The molecule has 178 valence electrons. The highest BCUT2D eigenvalue weighted by Crippen LogP contribution is 2.18. The number of nitrogens with zero attached hydrogens (tertiary/aromatic N) is 1. The molecule has 3 rings (SSSR count). The maximum absolute atomic E-state index is 13.4. The van der Waals surface area contributed by atoms with Crippen molar-refractivity contribution >= 4 is 16.1 Å². The molecule has 0 bridgehead atoms. The second kappa shape index (κ2) is 12.2. The van der Waals surface area contributed by atoms with Gasteiger partial charge in [-0.1, -0.05) is 84.4 Å². The van der Waals surface area contributed by atoms with E-state index in [0.29, 0.717) is 6.42 Å². The van der Waals surface area contributed by atoms with Crippen molar-refractivity contribution in [2.45, 2.75) is 30.9 Å². The topological polar surface area (TPSA) is 75.7 Å². The van der Waals surface area contributed by atoms with Crippen LogP contribution in [0.15, 0.2) is 102 Å². The largest absolute Gasteiger partial charge is 0.445 e. The molecule has 0 aromatic heterocycles. The summed E-state index contributed by atoms with van der Waals surface area (Å²) in [6.07, 6.45) is 1.38. The molecule has 0 saturated carbocycles. The summed E-state index contributed by atoms with van der Waals surface area (Å²) in [6.45, 7) is 5.93. The van der Waals surface area contributed by atoms with Gasteiger partial charge in [0.15, 0.2) is 0 Å². The minimum Gasteiger partial charge on any atom is -0.445 e. The van der Waals surface area contributed by atoms with Crippen molar-refractivity contribution in [3.63, 3.8) is 0 Å². The van der Waals surface area contributed by atoms with Crippen LogP contribution in [0.1, 0.15) is 16.7 Å². The Bertz CT molecular complexity index is 1160. The summed E-state index contributed by atoms with van der Waals surface area (Å²) in [7, 11) is -3.79. The first-order valence-electron chi connectivity index (χ1n) is 11.1. The lowest BCUT2D eigenvalue weighted by atomic mass is 10.1. The van der Waals surface area contributed by atoms with Gasteiger partial charge in [0.2, 0.25) is 10.0 Å². The number of hydrogen-bond acceptors (Lipinski definition) is 4. The van der Waals surface area contributed by atoms with Crippen LogP contribution in [0.2, 0.25) is 0 Å². The molecule has 0 unspecified atom stereocenters. The monoisotopic (exact) mass is 478 g/mol. The van der Waals surface area contributed by atoms with E-state index in [0.717, 1.165) is 16.7 Å². The van der Waals surface area contributed by atoms with E-state index in [-0.39, 0.29) is 24.6 Å². The Balaban J connectivity index is 1.78. The zero-order chi connectivity index (χ0) is 24.4. The van der Waals surface area contributed by atoms with Crippen molar-refractivity contribution < 1.29 is 17.9 Å². The van der Waals surface area contributed by atoms with Gasteiger partial charge in [-0.3, -0.25) is 0 Å². The summed E-state index contributed by atoms with van der Waals surface area (Å²) in [6, 6.07) is 25.2. The van der Waals surface area contributed by atoms with Gasteiger partial charge in [0, 0.05) is 13.1 Å². The number of sulfonamides is 1. The Morgan fingerprint density at radius 3 is 2.15 bits per heavy atom. The lowest BCUT2D eigenvalue weighted by Gasteiger charge is -2.27. The zero-order valence-corrected chi connectivity index (χ0v) is 20.1. The standard InChI is InChI=1S/C27H30N2O4S/c1-3-18-29(34(31,32)26-16-14-22(2)15-17-26)20-25(19-23-10-6-4-7-11-23)28-27(30)33-21-24-12-8-5-9-13-24/h3-17,25H,1,18-21H2,2H3,(H,28,30)/t25-/m0/s1. The molecule has 1 amide bonds. The molecule has 0 fully saturated rings. The number of aryl methyl sites for hydroxylation is 1. The van der Waals surface area contributed by atoms with Crippen LogP contribution in [-0.2, 0) is 27.8 Å². The number of amides is 1. The number of hydrogen-bond donors (Lipinski definition) is 1. The molecule has 0 heterocycles. The Labute approximate surface area is 201 Å². The summed E-state index contributed by atoms with van der Waals surface area (Å²) >= 11 is 0. The summed E-state index contributed by atoms with van der Waals surface area (Å²) in [4.78, 5) is 12.8. The molecular weight excluding hydrogens is 448 g/mol. The van der Waals surface area contributed by atoms with Crippen molar-refractivity contribution in [1.29, 1.82) is 0 Å². The highest BCUT2D eigenvalue weighted by atomic mass is 32.2. The SMILES string of the molecule is C=CCN(C[C@H](Cc1ccccc1)NC(=O)OCc1ccccc1)S(=O)(=O)c1ccc(C)cc1. The van der Waals surface area contributed by atoms with Gasteiger partial charge in [-0.25, -0.2) is 13.2 Å². The second-order valence-corrected chi connectivity index (χ2v) is 9.95. The summed E-state index contributed by atoms with van der Waals surface area (Å²) in [5, 5.41) is 2.86. The van der Waals surface area contributed by atoms with Crippen molar-refractivity contribution in [3.05, 3.63) is 114 Å².